The number of benzene rings is 4. The molecule has 0 aliphatic carbocycles. The Balaban J connectivity index is 1.66. The van der Waals surface area contributed by atoms with Gasteiger partial charge in [-0.2, -0.15) is 15.2 Å². The topological polar surface area (TPSA) is 67.4 Å². The molecule has 6 aromatic rings. The summed E-state index contributed by atoms with van der Waals surface area (Å²) in [6.07, 6.45) is 0. The third kappa shape index (κ3) is 3.38. The molecular weight excluding hydrogens is 442 g/mol. The molecule has 0 spiro atoms. The molecule has 0 atom stereocenters. The Hall–Kier alpha value is -4.53. The van der Waals surface area contributed by atoms with E-state index >= 15 is 0 Å². The van der Waals surface area contributed by atoms with E-state index in [1.165, 1.54) is 0 Å². The van der Waals surface area contributed by atoms with Gasteiger partial charge in [-0.15, -0.1) is 0 Å². The molecule has 2 heterocycles. The molecule has 0 aliphatic heterocycles. The lowest BCUT2D eigenvalue weighted by molar-refractivity contribution is 1.07. The summed E-state index contributed by atoms with van der Waals surface area (Å²) >= 11 is 6.27. The summed E-state index contributed by atoms with van der Waals surface area (Å²) in [5.74, 6) is 0.759. The fourth-order valence-corrected chi connectivity index (χ4v) is 4.18. The first-order valence-corrected chi connectivity index (χ1v) is 10.7. The zero-order valence-electron chi connectivity index (χ0n) is 22.5. The van der Waals surface area contributed by atoms with E-state index in [0.29, 0.717) is 44.6 Å². The number of halogens is 1. The highest BCUT2D eigenvalue weighted by Gasteiger charge is 2.16. The highest BCUT2D eigenvalue weighted by Crippen LogP contribution is 2.35. The first-order chi connectivity index (χ1) is 18.8. The Labute approximate surface area is 207 Å². The molecule has 6 rings (SSSR count). The molecule has 0 fully saturated rings. The number of hydrogen-bond donors (Lipinski definition) is 0. The van der Waals surface area contributed by atoms with Crippen LogP contribution in [0.4, 0.5) is 0 Å². The van der Waals surface area contributed by atoms with Crippen molar-refractivity contribution in [2.24, 2.45) is 0 Å². The van der Waals surface area contributed by atoms with E-state index in [1.807, 2.05) is 36.4 Å². The van der Waals surface area contributed by atoms with Crippen molar-refractivity contribution < 1.29 is 6.85 Å². The minimum absolute atomic E-state index is 0.0213. The standard InChI is InChI=1S/C28H16ClN5/c29-28-32-26(19-7-3-1-4-8-19)31-27(33-28)20-12-14-25-23(16-20)22-15-18(17-30)11-13-24(22)34(25)21-9-5-2-6-10-21/h1-16H/i2D,5D,6D,9D,10D. The summed E-state index contributed by atoms with van der Waals surface area (Å²) in [6.45, 7) is 0. The van der Waals surface area contributed by atoms with Crippen molar-refractivity contribution in [2.45, 2.75) is 0 Å². The first-order valence-electron chi connectivity index (χ1n) is 12.8. The Morgan fingerprint density at radius 3 is 2.18 bits per heavy atom. The van der Waals surface area contributed by atoms with Crippen LogP contribution in [0.5, 0.6) is 0 Å². The largest absolute Gasteiger partial charge is 0.309 e. The van der Waals surface area contributed by atoms with Crippen LogP contribution >= 0.6 is 11.6 Å². The van der Waals surface area contributed by atoms with Crippen LogP contribution in [0.2, 0.25) is 5.28 Å². The van der Waals surface area contributed by atoms with Crippen molar-refractivity contribution in [1.82, 2.24) is 19.5 Å². The van der Waals surface area contributed by atoms with Crippen LogP contribution in [-0.2, 0) is 0 Å². The minimum Gasteiger partial charge on any atom is -0.309 e. The number of rotatable bonds is 3. The van der Waals surface area contributed by atoms with E-state index in [2.05, 4.69) is 21.0 Å². The van der Waals surface area contributed by atoms with Gasteiger partial charge in [0.25, 0.3) is 0 Å². The predicted molar refractivity (Wildman–Crippen MR) is 135 cm³/mol. The smallest absolute Gasteiger partial charge is 0.226 e. The van der Waals surface area contributed by atoms with Crippen molar-refractivity contribution in [3.63, 3.8) is 0 Å². The summed E-state index contributed by atoms with van der Waals surface area (Å²) < 4.78 is 43.1. The van der Waals surface area contributed by atoms with Crippen molar-refractivity contribution in [3.05, 3.63) is 108 Å². The quantitative estimate of drug-likeness (QED) is 0.289. The highest BCUT2D eigenvalue weighted by molar-refractivity contribution is 6.28. The predicted octanol–water partition coefficient (Wildman–Crippen LogP) is 6.83. The molecule has 0 bridgehead atoms. The number of nitriles is 1. The molecule has 0 N–H and O–H groups in total. The number of nitrogens with zero attached hydrogens (tertiary/aromatic N) is 5. The van der Waals surface area contributed by atoms with Gasteiger partial charge in [-0.3, -0.25) is 0 Å². The molecule has 4 aromatic carbocycles. The summed E-state index contributed by atoms with van der Waals surface area (Å²) in [7, 11) is 0. The van der Waals surface area contributed by atoms with Gasteiger partial charge < -0.3 is 4.57 Å². The van der Waals surface area contributed by atoms with E-state index in [4.69, 9.17) is 18.5 Å². The van der Waals surface area contributed by atoms with E-state index in [0.717, 1.165) is 5.56 Å². The Morgan fingerprint density at radius 2 is 1.44 bits per heavy atom. The molecule has 6 heteroatoms. The van der Waals surface area contributed by atoms with Crippen molar-refractivity contribution in [2.75, 3.05) is 0 Å². The summed E-state index contributed by atoms with van der Waals surface area (Å²) in [5.41, 5.74) is 3.02. The minimum atomic E-state index is -0.468. The molecule has 2 aromatic heterocycles. The van der Waals surface area contributed by atoms with E-state index in [-0.39, 0.29) is 23.1 Å². The lowest BCUT2D eigenvalue weighted by atomic mass is 10.1. The fourth-order valence-electron chi connectivity index (χ4n) is 4.02. The average Bonchev–Trinajstić information content (AvgIpc) is 3.28. The SMILES string of the molecule is [2H]c1c([2H])c([2H])c(-n2c3ccc(C#N)cc3c3cc(-c4nc(Cl)nc(-c5ccccc5)n4)ccc32)c([2H])c1[2H]. The lowest BCUT2D eigenvalue weighted by Gasteiger charge is -2.08. The second kappa shape index (κ2) is 8.11. The van der Waals surface area contributed by atoms with Gasteiger partial charge in [-0.05, 0) is 60.1 Å². The summed E-state index contributed by atoms with van der Waals surface area (Å²) in [6, 6.07) is 20.0. The second-order valence-corrected chi connectivity index (χ2v) is 7.84. The summed E-state index contributed by atoms with van der Waals surface area (Å²) in [5, 5.41) is 10.9. The van der Waals surface area contributed by atoms with Gasteiger partial charge in [0.05, 0.1) is 29.5 Å². The van der Waals surface area contributed by atoms with Gasteiger partial charge in [-0.25, -0.2) is 4.98 Å². The maximum atomic E-state index is 9.56. The number of aromatic nitrogens is 4. The molecule has 0 unspecified atom stereocenters. The Morgan fingerprint density at radius 1 is 0.765 bits per heavy atom. The number of hydrogen-bond acceptors (Lipinski definition) is 4. The van der Waals surface area contributed by atoms with Gasteiger partial charge in [0.15, 0.2) is 11.6 Å². The molecule has 0 radical (unpaired) electrons. The maximum absolute atomic E-state index is 9.56. The molecule has 0 saturated heterocycles. The fraction of sp³-hybridized carbons (Fsp3) is 0. The highest BCUT2D eigenvalue weighted by atomic mass is 35.5. The molecule has 5 nitrogen and oxygen atoms in total. The van der Waals surface area contributed by atoms with Gasteiger partial charge in [0, 0.05) is 27.6 Å². The molecule has 0 amide bonds. The zero-order chi connectivity index (χ0) is 27.4. The summed E-state index contributed by atoms with van der Waals surface area (Å²) in [4.78, 5) is 13.2. The normalized spacial score (nSPS) is 13.1. The van der Waals surface area contributed by atoms with E-state index in [9.17, 15) is 5.26 Å². The van der Waals surface area contributed by atoms with Crippen molar-refractivity contribution in [3.8, 4) is 34.5 Å². The Kier molecular flexibility index (Phi) is 3.66. The zero-order valence-corrected chi connectivity index (χ0v) is 18.2. The maximum Gasteiger partial charge on any atom is 0.226 e. The van der Waals surface area contributed by atoms with Crippen LogP contribution in [0.1, 0.15) is 12.4 Å². The van der Waals surface area contributed by atoms with Gasteiger partial charge >= 0.3 is 0 Å². The number of para-hydroxylation sites is 1. The van der Waals surface area contributed by atoms with Crippen LogP contribution < -0.4 is 0 Å². The monoisotopic (exact) mass is 462 g/mol. The van der Waals surface area contributed by atoms with Crippen LogP contribution in [0, 0.1) is 11.3 Å². The molecule has 160 valence electrons. The van der Waals surface area contributed by atoms with Gasteiger partial charge in [0.2, 0.25) is 5.28 Å². The third-order valence-electron chi connectivity index (χ3n) is 5.50. The van der Waals surface area contributed by atoms with Crippen molar-refractivity contribution in [1.29, 1.82) is 5.26 Å². The molecule has 0 saturated carbocycles. The van der Waals surface area contributed by atoms with Crippen LogP contribution in [-0.4, -0.2) is 19.5 Å². The van der Waals surface area contributed by atoms with E-state index < -0.39 is 18.1 Å². The number of fused-ring (bicyclic) bond motifs is 3. The van der Waals surface area contributed by atoms with Crippen LogP contribution in [0.3, 0.4) is 0 Å². The van der Waals surface area contributed by atoms with Crippen LogP contribution in [0.25, 0.3) is 50.3 Å². The van der Waals surface area contributed by atoms with Gasteiger partial charge in [-0.1, -0.05) is 48.5 Å². The first kappa shape index (κ1) is 15.3. The Bertz CT molecular complexity index is 1970. The molecular formula is C28H16ClN5. The van der Waals surface area contributed by atoms with E-state index in [1.54, 1.807) is 34.9 Å². The van der Waals surface area contributed by atoms with Crippen LogP contribution in [0.15, 0.2) is 96.9 Å². The molecule has 34 heavy (non-hydrogen) atoms. The average molecular weight is 463 g/mol. The third-order valence-corrected chi connectivity index (χ3v) is 5.67. The molecule has 0 aliphatic rings. The van der Waals surface area contributed by atoms with Gasteiger partial charge in [0.1, 0.15) is 0 Å². The second-order valence-electron chi connectivity index (χ2n) is 7.50. The van der Waals surface area contributed by atoms with Crippen molar-refractivity contribution >= 4 is 33.4 Å². The lowest BCUT2D eigenvalue weighted by Crippen LogP contribution is -1.97.